The summed E-state index contributed by atoms with van der Waals surface area (Å²) in [6.07, 6.45) is 2.73. The predicted molar refractivity (Wildman–Crippen MR) is 95.6 cm³/mol. The van der Waals surface area contributed by atoms with Gasteiger partial charge in [0.1, 0.15) is 5.76 Å². The van der Waals surface area contributed by atoms with E-state index in [0.29, 0.717) is 31.1 Å². The number of amides is 1. The molecule has 1 aliphatic rings. The number of carbonyl (C=O) groups is 1. The van der Waals surface area contributed by atoms with Crippen LogP contribution in [0.15, 0.2) is 34.9 Å². The summed E-state index contributed by atoms with van der Waals surface area (Å²) in [5, 5.41) is 3.26. The molecular weight excluding hydrogens is 318 g/mol. The van der Waals surface area contributed by atoms with Crippen LogP contribution in [-0.2, 0) is 17.7 Å². The van der Waals surface area contributed by atoms with E-state index in [1.807, 2.05) is 49.9 Å². The molecular formula is C19H25N3O3. The zero-order valence-corrected chi connectivity index (χ0v) is 15.0. The van der Waals surface area contributed by atoms with Gasteiger partial charge in [-0.05, 0) is 38.1 Å². The molecule has 1 aliphatic heterocycles. The van der Waals surface area contributed by atoms with Gasteiger partial charge < -0.3 is 19.4 Å². The molecule has 6 nitrogen and oxygen atoms in total. The number of oxazole rings is 1. The lowest BCUT2D eigenvalue weighted by atomic mass is 10.1. The van der Waals surface area contributed by atoms with Gasteiger partial charge in [0, 0.05) is 30.8 Å². The highest BCUT2D eigenvalue weighted by molar-refractivity contribution is 5.94. The van der Waals surface area contributed by atoms with Crippen LogP contribution in [-0.4, -0.2) is 41.1 Å². The molecule has 1 N–H and O–H groups in total. The number of rotatable bonds is 5. The number of morpholine rings is 1. The number of nitrogens with zero attached hydrogens (tertiary/aromatic N) is 2. The maximum Gasteiger partial charge on any atom is 0.254 e. The lowest BCUT2D eigenvalue weighted by molar-refractivity contribution is -0.0586. The van der Waals surface area contributed by atoms with Crippen molar-refractivity contribution >= 4 is 11.6 Å². The first-order chi connectivity index (χ1) is 12.0. The molecule has 25 heavy (non-hydrogen) atoms. The van der Waals surface area contributed by atoms with E-state index in [9.17, 15) is 4.79 Å². The molecule has 2 heterocycles. The Labute approximate surface area is 148 Å². The van der Waals surface area contributed by atoms with Gasteiger partial charge in [-0.15, -0.1) is 0 Å². The molecule has 1 aromatic carbocycles. The molecule has 1 fully saturated rings. The predicted octanol–water partition coefficient (Wildman–Crippen LogP) is 3.10. The van der Waals surface area contributed by atoms with Gasteiger partial charge in [0.2, 0.25) is 5.89 Å². The Hall–Kier alpha value is -2.34. The van der Waals surface area contributed by atoms with E-state index in [0.717, 1.165) is 17.9 Å². The first-order valence-corrected chi connectivity index (χ1v) is 8.77. The van der Waals surface area contributed by atoms with Crippen molar-refractivity contribution in [3.05, 3.63) is 47.7 Å². The van der Waals surface area contributed by atoms with Crippen LogP contribution in [0.4, 0.5) is 5.69 Å². The van der Waals surface area contributed by atoms with E-state index >= 15 is 0 Å². The maximum atomic E-state index is 12.6. The molecule has 2 atom stereocenters. The van der Waals surface area contributed by atoms with Gasteiger partial charge in [-0.3, -0.25) is 4.79 Å². The van der Waals surface area contributed by atoms with Gasteiger partial charge in [-0.2, -0.15) is 0 Å². The zero-order valence-electron chi connectivity index (χ0n) is 15.0. The van der Waals surface area contributed by atoms with Crippen LogP contribution in [0.2, 0.25) is 0 Å². The average molecular weight is 343 g/mol. The number of nitrogens with one attached hydrogen (secondary N) is 1. The summed E-state index contributed by atoms with van der Waals surface area (Å²) in [6, 6.07) is 7.51. The van der Waals surface area contributed by atoms with Crippen molar-refractivity contribution in [1.29, 1.82) is 0 Å². The summed E-state index contributed by atoms with van der Waals surface area (Å²) in [4.78, 5) is 18.7. The Bertz CT molecular complexity index is 701. The molecule has 0 bridgehead atoms. The summed E-state index contributed by atoms with van der Waals surface area (Å²) >= 11 is 0. The first kappa shape index (κ1) is 17.5. The van der Waals surface area contributed by atoms with Crippen molar-refractivity contribution in [2.24, 2.45) is 0 Å². The van der Waals surface area contributed by atoms with Crippen molar-refractivity contribution < 1.29 is 13.9 Å². The number of aryl methyl sites for hydroxylation is 1. The van der Waals surface area contributed by atoms with Crippen molar-refractivity contribution in [1.82, 2.24) is 9.88 Å². The smallest absolute Gasteiger partial charge is 0.254 e. The lowest BCUT2D eigenvalue weighted by Gasteiger charge is -2.35. The van der Waals surface area contributed by atoms with Crippen LogP contribution in [0, 0.1) is 0 Å². The molecule has 6 heteroatoms. The minimum Gasteiger partial charge on any atom is -0.444 e. The minimum atomic E-state index is 0.0499. The SMILES string of the molecule is CCc1cnc(CNc2ccc(C(=O)N3C[C@@H](C)O[C@@H](C)C3)cc2)o1. The van der Waals surface area contributed by atoms with Crippen LogP contribution in [0.1, 0.15) is 42.8 Å². The Morgan fingerprint density at radius 2 is 1.92 bits per heavy atom. The van der Waals surface area contributed by atoms with E-state index in [1.54, 1.807) is 6.20 Å². The molecule has 0 unspecified atom stereocenters. The molecule has 0 spiro atoms. The van der Waals surface area contributed by atoms with Crippen molar-refractivity contribution in [3.63, 3.8) is 0 Å². The Kier molecular flexibility index (Phi) is 5.38. The number of hydrogen-bond donors (Lipinski definition) is 1. The summed E-state index contributed by atoms with van der Waals surface area (Å²) in [5.41, 5.74) is 1.62. The van der Waals surface area contributed by atoms with Crippen molar-refractivity contribution in [2.75, 3.05) is 18.4 Å². The second-order valence-corrected chi connectivity index (χ2v) is 6.47. The average Bonchev–Trinajstić information content (AvgIpc) is 3.07. The van der Waals surface area contributed by atoms with Gasteiger partial charge >= 0.3 is 0 Å². The van der Waals surface area contributed by atoms with E-state index in [2.05, 4.69) is 10.3 Å². The highest BCUT2D eigenvalue weighted by atomic mass is 16.5. The van der Waals surface area contributed by atoms with E-state index in [-0.39, 0.29) is 18.1 Å². The summed E-state index contributed by atoms with van der Waals surface area (Å²) in [5.74, 6) is 1.59. The summed E-state index contributed by atoms with van der Waals surface area (Å²) in [7, 11) is 0. The second-order valence-electron chi connectivity index (χ2n) is 6.47. The van der Waals surface area contributed by atoms with Crippen LogP contribution in [0.5, 0.6) is 0 Å². The topological polar surface area (TPSA) is 67.6 Å². The van der Waals surface area contributed by atoms with Crippen molar-refractivity contribution in [3.8, 4) is 0 Å². The quantitative estimate of drug-likeness (QED) is 0.903. The van der Waals surface area contributed by atoms with Crippen molar-refractivity contribution in [2.45, 2.75) is 45.9 Å². The van der Waals surface area contributed by atoms with Gasteiger partial charge in [0.15, 0.2) is 0 Å². The molecule has 1 amide bonds. The first-order valence-electron chi connectivity index (χ1n) is 8.77. The molecule has 0 aliphatic carbocycles. The van der Waals surface area contributed by atoms with E-state index in [4.69, 9.17) is 9.15 Å². The molecule has 1 saturated heterocycles. The van der Waals surface area contributed by atoms with Gasteiger partial charge in [0.05, 0.1) is 24.9 Å². The fraction of sp³-hybridized carbons (Fsp3) is 0.474. The summed E-state index contributed by atoms with van der Waals surface area (Å²) in [6.45, 7) is 7.81. The minimum absolute atomic E-state index is 0.0499. The molecule has 1 aromatic heterocycles. The molecule has 0 radical (unpaired) electrons. The van der Waals surface area contributed by atoms with Gasteiger partial charge in [-0.25, -0.2) is 4.98 Å². The highest BCUT2D eigenvalue weighted by Gasteiger charge is 2.26. The fourth-order valence-electron chi connectivity index (χ4n) is 3.03. The number of carbonyl (C=O) groups excluding carboxylic acids is 1. The van der Waals surface area contributed by atoms with Gasteiger partial charge in [-0.1, -0.05) is 6.92 Å². The number of aromatic nitrogens is 1. The molecule has 0 saturated carbocycles. The largest absolute Gasteiger partial charge is 0.444 e. The number of hydrogen-bond acceptors (Lipinski definition) is 5. The number of benzene rings is 1. The molecule has 2 aromatic rings. The lowest BCUT2D eigenvalue weighted by Crippen LogP contribution is -2.48. The maximum absolute atomic E-state index is 12.6. The Morgan fingerprint density at radius 3 is 2.52 bits per heavy atom. The fourth-order valence-corrected chi connectivity index (χ4v) is 3.03. The molecule has 3 rings (SSSR count). The van der Waals surface area contributed by atoms with Crippen LogP contribution in [0.3, 0.4) is 0 Å². The zero-order chi connectivity index (χ0) is 17.8. The normalized spacial score (nSPS) is 20.5. The van der Waals surface area contributed by atoms with Gasteiger partial charge in [0.25, 0.3) is 5.91 Å². The second kappa shape index (κ2) is 7.70. The Balaban J connectivity index is 1.58. The van der Waals surface area contributed by atoms with Crippen LogP contribution in [0.25, 0.3) is 0 Å². The monoisotopic (exact) mass is 343 g/mol. The van der Waals surface area contributed by atoms with E-state index < -0.39 is 0 Å². The third kappa shape index (κ3) is 4.39. The van der Waals surface area contributed by atoms with Crippen LogP contribution >= 0.6 is 0 Å². The third-order valence-corrected chi connectivity index (χ3v) is 4.23. The molecule has 134 valence electrons. The third-order valence-electron chi connectivity index (χ3n) is 4.23. The van der Waals surface area contributed by atoms with E-state index in [1.165, 1.54) is 0 Å². The standard InChI is InChI=1S/C19H25N3O3/c1-4-17-9-21-18(25-17)10-20-16-7-5-15(6-8-16)19(23)22-11-13(2)24-14(3)12-22/h5-9,13-14,20H,4,10-12H2,1-3H3/t13-,14+. The van der Waals surface area contributed by atoms with Crippen LogP contribution < -0.4 is 5.32 Å². The summed E-state index contributed by atoms with van der Waals surface area (Å²) < 4.78 is 11.3. The Morgan fingerprint density at radius 1 is 1.24 bits per heavy atom. The number of ether oxygens (including phenoxy) is 1. The number of anilines is 1. The highest BCUT2D eigenvalue weighted by Crippen LogP contribution is 2.17.